The molecule has 3 rings (SSSR count). The first kappa shape index (κ1) is 13.2. The standard InChI is InChI=1S/C16H15BrN2O/c17-13-8-11(6-7-14(13)18)16(20)19-15-9-12(15)10-4-2-1-3-5-10/h1-8,12,15H,9,18H2,(H,19,20). The largest absolute Gasteiger partial charge is 0.398 e. The summed E-state index contributed by atoms with van der Waals surface area (Å²) < 4.78 is 0.751. The Morgan fingerprint density at radius 3 is 2.65 bits per heavy atom. The highest BCUT2D eigenvalue weighted by atomic mass is 79.9. The molecule has 1 aliphatic rings. The molecule has 0 aromatic heterocycles. The van der Waals surface area contributed by atoms with Crippen molar-refractivity contribution < 1.29 is 4.79 Å². The molecule has 2 unspecified atom stereocenters. The van der Waals surface area contributed by atoms with Gasteiger partial charge in [0.25, 0.3) is 5.91 Å². The Labute approximate surface area is 126 Å². The van der Waals surface area contributed by atoms with Crippen LogP contribution in [0, 0.1) is 0 Å². The molecular weight excluding hydrogens is 316 g/mol. The van der Waals surface area contributed by atoms with E-state index in [1.165, 1.54) is 5.56 Å². The minimum Gasteiger partial charge on any atom is -0.398 e. The predicted octanol–water partition coefficient (Wildman–Crippen LogP) is 3.32. The molecule has 1 saturated carbocycles. The minimum atomic E-state index is -0.0471. The molecule has 2 atom stereocenters. The van der Waals surface area contributed by atoms with E-state index in [1.807, 2.05) is 18.2 Å². The fourth-order valence-electron chi connectivity index (χ4n) is 2.34. The molecule has 0 saturated heterocycles. The van der Waals surface area contributed by atoms with Crippen LogP contribution in [0.25, 0.3) is 0 Å². The zero-order chi connectivity index (χ0) is 14.1. The van der Waals surface area contributed by atoms with Gasteiger partial charge in [0.05, 0.1) is 0 Å². The summed E-state index contributed by atoms with van der Waals surface area (Å²) in [5, 5.41) is 3.06. The van der Waals surface area contributed by atoms with Crippen LogP contribution in [0.15, 0.2) is 53.0 Å². The number of nitrogens with two attached hydrogens (primary N) is 1. The maximum absolute atomic E-state index is 12.2. The van der Waals surface area contributed by atoms with Gasteiger partial charge in [-0.15, -0.1) is 0 Å². The van der Waals surface area contributed by atoms with Crippen LogP contribution in [0.2, 0.25) is 0 Å². The molecule has 0 spiro atoms. The quantitative estimate of drug-likeness (QED) is 0.848. The Bertz CT molecular complexity index is 642. The second kappa shape index (κ2) is 5.29. The van der Waals surface area contributed by atoms with E-state index in [-0.39, 0.29) is 11.9 Å². The van der Waals surface area contributed by atoms with E-state index < -0.39 is 0 Å². The molecule has 3 N–H and O–H groups in total. The first-order valence-electron chi connectivity index (χ1n) is 6.56. The average Bonchev–Trinajstić information content (AvgIpc) is 3.22. The molecule has 1 amide bonds. The molecule has 3 nitrogen and oxygen atoms in total. The number of rotatable bonds is 3. The van der Waals surface area contributed by atoms with Crippen LogP contribution in [0.4, 0.5) is 5.69 Å². The highest BCUT2D eigenvalue weighted by molar-refractivity contribution is 9.10. The van der Waals surface area contributed by atoms with Gasteiger partial charge < -0.3 is 11.1 Å². The highest BCUT2D eigenvalue weighted by Crippen LogP contribution is 2.40. The summed E-state index contributed by atoms with van der Waals surface area (Å²) in [4.78, 5) is 12.2. The summed E-state index contributed by atoms with van der Waals surface area (Å²) in [5.41, 5.74) is 8.27. The second-order valence-electron chi connectivity index (χ2n) is 5.07. The number of amides is 1. The van der Waals surface area contributed by atoms with Crippen molar-refractivity contribution >= 4 is 27.5 Å². The summed E-state index contributed by atoms with van der Waals surface area (Å²) in [7, 11) is 0. The zero-order valence-corrected chi connectivity index (χ0v) is 12.4. The third-order valence-corrected chi connectivity index (χ3v) is 4.28. The number of carbonyl (C=O) groups is 1. The van der Waals surface area contributed by atoms with E-state index in [2.05, 4.69) is 33.4 Å². The maximum Gasteiger partial charge on any atom is 0.251 e. The lowest BCUT2D eigenvalue weighted by Gasteiger charge is -2.06. The van der Waals surface area contributed by atoms with Crippen LogP contribution in [0.3, 0.4) is 0 Å². The molecule has 0 aliphatic heterocycles. The lowest BCUT2D eigenvalue weighted by Crippen LogP contribution is -2.26. The lowest BCUT2D eigenvalue weighted by molar-refractivity contribution is 0.0950. The van der Waals surface area contributed by atoms with Crippen LogP contribution in [-0.4, -0.2) is 11.9 Å². The number of nitrogen functional groups attached to an aromatic ring is 1. The highest BCUT2D eigenvalue weighted by Gasteiger charge is 2.39. The number of anilines is 1. The monoisotopic (exact) mass is 330 g/mol. The predicted molar refractivity (Wildman–Crippen MR) is 83.6 cm³/mol. The smallest absolute Gasteiger partial charge is 0.251 e. The number of benzene rings is 2. The van der Waals surface area contributed by atoms with Crippen LogP contribution >= 0.6 is 15.9 Å². The normalized spacial score (nSPS) is 20.4. The van der Waals surface area contributed by atoms with Crippen LogP contribution in [-0.2, 0) is 0 Å². The van der Waals surface area contributed by atoms with Gasteiger partial charge in [0.2, 0.25) is 0 Å². The maximum atomic E-state index is 12.2. The van der Waals surface area contributed by atoms with Crippen molar-refractivity contribution in [1.82, 2.24) is 5.32 Å². The number of hydrogen-bond donors (Lipinski definition) is 2. The third-order valence-electron chi connectivity index (χ3n) is 3.60. The van der Waals surface area contributed by atoms with Crippen molar-refractivity contribution in [2.24, 2.45) is 0 Å². The van der Waals surface area contributed by atoms with Crippen molar-refractivity contribution in [3.05, 3.63) is 64.1 Å². The van der Waals surface area contributed by atoms with Gasteiger partial charge in [-0.05, 0) is 46.1 Å². The first-order chi connectivity index (χ1) is 9.65. The lowest BCUT2D eigenvalue weighted by atomic mass is 10.1. The SMILES string of the molecule is Nc1ccc(C(=O)NC2CC2c2ccccc2)cc1Br. The molecule has 20 heavy (non-hydrogen) atoms. The Balaban J connectivity index is 1.65. The molecular formula is C16H15BrN2O. The van der Waals surface area contributed by atoms with Gasteiger partial charge in [-0.1, -0.05) is 30.3 Å². The van der Waals surface area contributed by atoms with E-state index >= 15 is 0 Å². The molecule has 4 heteroatoms. The Morgan fingerprint density at radius 2 is 1.95 bits per heavy atom. The summed E-state index contributed by atoms with van der Waals surface area (Å²) >= 11 is 3.34. The van der Waals surface area contributed by atoms with Gasteiger partial charge in [-0.3, -0.25) is 4.79 Å². The van der Waals surface area contributed by atoms with Crippen molar-refractivity contribution in [3.63, 3.8) is 0 Å². The van der Waals surface area contributed by atoms with Crippen LogP contribution in [0.5, 0.6) is 0 Å². The summed E-state index contributed by atoms with van der Waals surface area (Å²) in [6.07, 6.45) is 1.01. The van der Waals surface area contributed by atoms with Crippen LogP contribution in [0.1, 0.15) is 28.3 Å². The van der Waals surface area contributed by atoms with Gasteiger partial charge in [-0.2, -0.15) is 0 Å². The molecule has 0 radical (unpaired) electrons. The van der Waals surface area contributed by atoms with Crippen molar-refractivity contribution in [2.45, 2.75) is 18.4 Å². The van der Waals surface area contributed by atoms with E-state index in [1.54, 1.807) is 18.2 Å². The van der Waals surface area contributed by atoms with Crippen molar-refractivity contribution in [2.75, 3.05) is 5.73 Å². The van der Waals surface area contributed by atoms with Gasteiger partial charge >= 0.3 is 0 Å². The Morgan fingerprint density at radius 1 is 1.20 bits per heavy atom. The Kier molecular flexibility index (Phi) is 3.49. The molecule has 0 heterocycles. The summed E-state index contributed by atoms with van der Waals surface area (Å²) in [6, 6.07) is 15.8. The molecule has 1 aliphatic carbocycles. The topological polar surface area (TPSA) is 55.1 Å². The fourth-order valence-corrected chi connectivity index (χ4v) is 2.72. The minimum absolute atomic E-state index is 0.0471. The van der Waals surface area contributed by atoms with Crippen LogP contribution < -0.4 is 11.1 Å². The molecule has 2 aromatic rings. The molecule has 2 aromatic carbocycles. The second-order valence-corrected chi connectivity index (χ2v) is 5.92. The number of halogens is 1. The van der Waals surface area contributed by atoms with Crippen molar-refractivity contribution in [1.29, 1.82) is 0 Å². The third kappa shape index (κ3) is 2.70. The van der Waals surface area contributed by atoms with Crippen molar-refractivity contribution in [3.8, 4) is 0 Å². The van der Waals surface area contributed by atoms with Gasteiger partial charge in [-0.25, -0.2) is 0 Å². The van der Waals surface area contributed by atoms with E-state index in [9.17, 15) is 4.79 Å². The summed E-state index contributed by atoms with van der Waals surface area (Å²) in [6.45, 7) is 0. The summed E-state index contributed by atoms with van der Waals surface area (Å²) in [5.74, 6) is 0.395. The Hall–Kier alpha value is -1.81. The van der Waals surface area contributed by atoms with Gasteiger partial charge in [0.1, 0.15) is 0 Å². The average molecular weight is 331 g/mol. The molecule has 1 fully saturated rings. The van der Waals surface area contributed by atoms with E-state index in [0.29, 0.717) is 17.2 Å². The number of nitrogens with one attached hydrogen (secondary N) is 1. The number of hydrogen-bond acceptors (Lipinski definition) is 2. The van der Waals surface area contributed by atoms with E-state index in [0.717, 1.165) is 10.9 Å². The molecule has 0 bridgehead atoms. The molecule has 102 valence electrons. The fraction of sp³-hybridized carbons (Fsp3) is 0.188. The van der Waals surface area contributed by atoms with Gasteiger partial charge in [0, 0.05) is 27.7 Å². The first-order valence-corrected chi connectivity index (χ1v) is 7.35. The van der Waals surface area contributed by atoms with E-state index in [4.69, 9.17) is 5.73 Å². The number of carbonyl (C=O) groups excluding carboxylic acids is 1. The van der Waals surface area contributed by atoms with Gasteiger partial charge in [0.15, 0.2) is 0 Å². The zero-order valence-electron chi connectivity index (χ0n) is 10.8.